The van der Waals surface area contributed by atoms with Crippen LogP contribution in [-0.4, -0.2) is 36.1 Å². The zero-order valence-electron chi connectivity index (χ0n) is 14.4. The van der Waals surface area contributed by atoms with Crippen molar-refractivity contribution in [3.63, 3.8) is 0 Å². The van der Waals surface area contributed by atoms with Gasteiger partial charge in [0.15, 0.2) is 0 Å². The molecule has 1 unspecified atom stereocenters. The number of anilines is 1. The molecule has 134 valence electrons. The first-order valence-corrected chi connectivity index (χ1v) is 8.91. The van der Waals surface area contributed by atoms with Crippen molar-refractivity contribution in [2.45, 2.75) is 57.6 Å². The minimum atomic E-state index is 0. The molecule has 4 nitrogen and oxygen atoms in total. The molecule has 1 aliphatic carbocycles. The monoisotopic (exact) mass is 352 g/mol. The number of hydrogen-bond acceptors (Lipinski definition) is 3. The van der Waals surface area contributed by atoms with E-state index in [-0.39, 0.29) is 24.4 Å². The molecule has 1 heterocycles. The third-order valence-corrected chi connectivity index (χ3v) is 5.24. The summed E-state index contributed by atoms with van der Waals surface area (Å²) in [5, 5.41) is 0. The van der Waals surface area contributed by atoms with E-state index < -0.39 is 0 Å². The molecule has 0 radical (unpaired) electrons. The van der Waals surface area contributed by atoms with Crippen molar-refractivity contribution in [3.8, 4) is 0 Å². The van der Waals surface area contributed by atoms with Crippen LogP contribution in [0.25, 0.3) is 0 Å². The Morgan fingerprint density at radius 1 is 1.25 bits per heavy atom. The van der Waals surface area contributed by atoms with Gasteiger partial charge in [-0.3, -0.25) is 4.79 Å². The Morgan fingerprint density at radius 2 is 2.00 bits per heavy atom. The van der Waals surface area contributed by atoms with Crippen LogP contribution in [0.3, 0.4) is 0 Å². The molecule has 1 aliphatic heterocycles. The highest BCUT2D eigenvalue weighted by Crippen LogP contribution is 2.29. The number of rotatable bonds is 4. The number of benzene rings is 1. The minimum Gasteiger partial charge on any atom is -0.399 e. The van der Waals surface area contributed by atoms with E-state index in [1.807, 2.05) is 18.2 Å². The fraction of sp³-hybridized carbons (Fsp3) is 0.632. The van der Waals surface area contributed by atoms with Crippen LogP contribution < -0.4 is 5.73 Å². The molecule has 0 bridgehead atoms. The quantitative estimate of drug-likeness (QED) is 0.836. The zero-order valence-corrected chi connectivity index (χ0v) is 15.3. The average Bonchev–Trinajstić information content (AvgIpc) is 3.06. The molecular formula is C19H29ClN2O2. The number of carbonyl (C=O) groups is 1. The number of carbonyl (C=O) groups excluding carboxylic acids is 1. The van der Waals surface area contributed by atoms with Crippen molar-refractivity contribution in [2.24, 2.45) is 5.92 Å². The molecule has 0 spiro atoms. The Hall–Kier alpha value is -1.26. The van der Waals surface area contributed by atoms with Crippen molar-refractivity contribution in [1.82, 2.24) is 4.90 Å². The maximum absolute atomic E-state index is 13.1. The summed E-state index contributed by atoms with van der Waals surface area (Å²) in [6.07, 6.45) is 6.97. The fourth-order valence-electron chi connectivity index (χ4n) is 3.80. The largest absolute Gasteiger partial charge is 0.399 e. The van der Waals surface area contributed by atoms with E-state index >= 15 is 0 Å². The lowest BCUT2D eigenvalue weighted by atomic mass is 9.86. The lowest BCUT2D eigenvalue weighted by Gasteiger charge is -2.37. The van der Waals surface area contributed by atoms with Crippen LogP contribution >= 0.6 is 12.4 Å². The summed E-state index contributed by atoms with van der Waals surface area (Å²) in [7, 11) is 0. The fourth-order valence-corrected chi connectivity index (χ4v) is 3.80. The molecule has 1 saturated carbocycles. The van der Waals surface area contributed by atoms with E-state index in [9.17, 15) is 4.79 Å². The molecule has 1 saturated heterocycles. The molecule has 1 atom stereocenters. The van der Waals surface area contributed by atoms with E-state index in [2.05, 4.69) is 11.8 Å². The van der Waals surface area contributed by atoms with Gasteiger partial charge in [-0.1, -0.05) is 13.0 Å². The number of hydrogen-bond donors (Lipinski definition) is 1. The molecule has 24 heavy (non-hydrogen) atoms. The van der Waals surface area contributed by atoms with Gasteiger partial charge in [0, 0.05) is 30.4 Å². The highest BCUT2D eigenvalue weighted by Gasteiger charge is 2.31. The van der Waals surface area contributed by atoms with Gasteiger partial charge in [-0.15, -0.1) is 12.4 Å². The first-order valence-electron chi connectivity index (χ1n) is 8.91. The number of amides is 1. The van der Waals surface area contributed by atoms with Crippen LogP contribution in [-0.2, 0) is 4.74 Å². The molecule has 1 aromatic rings. The average molecular weight is 353 g/mol. The summed E-state index contributed by atoms with van der Waals surface area (Å²) in [4.78, 5) is 15.1. The van der Waals surface area contributed by atoms with E-state index in [4.69, 9.17) is 10.5 Å². The van der Waals surface area contributed by atoms with Crippen LogP contribution in [0.15, 0.2) is 24.3 Å². The van der Waals surface area contributed by atoms with Crippen LogP contribution in [0.4, 0.5) is 5.69 Å². The highest BCUT2D eigenvalue weighted by molar-refractivity contribution is 5.95. The van der Waals surface area contributed by atoms with Gasteiger partial charge in [0.2, 0.25) is 0 Å². The van der Waals surface area contributed by atoms with Gasteiger partial charge in [-0.05, 0) is 62.6 Å². The van der Waals surface area contributed by atoms with Gasteiger partial charge in [-0.2, -0.15) is 0 Å². The van der Waals surface area contributed by atoms with Gasteiger partial charge in [0.05, 0.1) is 6.10 Å². The van der Waals surface area contributed by atoms with E-state index in [0.29, 0.717) is 23.8 Å². The summed E-state index contributed by atoms with van der Waals surface area (Å²) >= 11 is 0. The zero-order chi connectivity index (χ0) is 16.2. The maximum atomic E-state index is 13.1. The Bertz CT molecular complexity index is 538. The second-order valence-electron chi connectivity index (χ2n) is 7.13. The SMILES string of the molecule is CC1CCC(N(CC2CCCO2)C(=O)c2cccc(N)c2)CC1.Cl. The van der Waals surface area contributed by atoms with Crippen molar-refractivity contribution in [1.29, 1.82) is 0 Å². The second kappa shape index (κ2) is 8.72. The van der Waals surface area contributed by atoms with Crippen molar-refractivity contribution < 1.29 is 9.53 Å². The van der Waals surface area contributed by atoms with Gasteiger partial charge in [0.25, 0.3) is 5.91 Å². The summed E-state index contributed by atoms with van der Waals surface area (Å²) in [5.74, 6) is 0.880. The summed E-state index contributed by atoms with van der Waals surface area (Å²) in [5.41, 5.74) is 7.20. The number of nitrogens with two attached hydrogens (primary N) is 1. The van der Waals surface area contributed by atoms with Crippen LogP contribution in [0.2, 0.25) is 0 Å². The van der Waals surface area contributed by atoms with E-state index in [1.54, 1.807) is 6.07 Å². The summed E-state index contributed by atoms with van der Waals surface area (Å²) < 4.78 is 5.79. The third kappa shape index (κ3) is 4.64. The second-order valence-corrected chi connectivity index (χ2v) is 7.13. The van der Waals surface area contributed by atoms with Crippen molar-refractivity contribution >= 4 is 24.0 Å². The molecule has 0 aromatic heterocycles. The number of ether oxygens (including phenoxy) is 1. The summed E-state index contributed by atoms with van der Waals surface area (Å²) in [6, 6.07) is 7.67. The van der Waals surface area contributed by atoms with Crippen LogP contribution in [0.5, 0.6) is 0 Å². The Balaban J connectivity index is 0.00000208. The minimum absolute atomic E-state index is 0. The predicted octanol–water partition coefficient (Wildman–Crippen LogP) is 3.89. The normalized spacial score (nSPS) is 26.6. The smallest absolute Gasteiger partial charge is 0.254 e. The maximum Gasteiger partial charge on any atom is 0.254 e. The standard InChI is InChI=1S/C19H28N2O2.ClH/c1-14-7-9-17(10-8-14)21(13-18-6-3-11-23-18)19(22)15-4-2-5-16(20)12-15;/h2,4-5,12,14,17-18H,3,6-11,13,20H2,1H3;1H. The number of nitrogen functional groups attached to an aromatic ring is 1. The first-order chi connectivity index (χ1) is 11.1. The van der Waals surface area contributed by atoms with E-state index in [0.717, 1.165) is 38.2 Å². The molecule has 2 N–H and O–H groups in total. The molecule has 1 amide bonds. The molecule has 1 aromatic carbocycles. The number of nitrogens with zero attached hydrogens (tertiary/aromatic N) is 1. The molecule has 5 heteroatoms. The third-order valence-electron chi connectivity index (χ3n) is 5.24. The molecule has 2 aliphatic rings. The highest BCUT2D eigenvalue weighted by atomic mass is 35.5. The van der Waals surface area contributed by atoms with Crippen molar-refractivity contribution in [3.05, 3.63) is 29.8 Å². The first kappa shape index (κ1) is 19.1. The Kier molecular flexibility index (Phi) is 6.93. The van der Waals surface area contributed by atoms with E-state index in [1.165, 1.54) is 12.8 Å². The van der Waals surface area contributed by atoms with Crippen LogP contribution in [0.1, 0.15) is 55.8 Å². The Labute approximate surface area is 151 Å². The van der Waals surface area contributed by atoms with Crippen molar-refractivity contribution in [2.75, 3.05) is 18.9 Å². The van der Waals surface area contributed by atoms with Gasteiger partial charge >= 0.3 is 0 Å². The predicted molar refractivity (Wildman–Crippen MR) is 99.5 cm³/mol. The lowest BCUT2D eigenvalue weighted by molar-refractivity contribution is 0.0341. The van der Waals surface area contributed by atoms with Gasteiger partial charge in [-0.25, -0.2) is 0 Å². The van der Waals surface area contributed by atoms with Crippen LogP contribution in [0, 0.1) is 5.92 Å². The van der Waals surface area contributed by atoms with Gasteiger partial charge < -0.3 is 15.4 Å². The topological polar surface area (TPSA) is 55.6 Å². The Morgan fingerprint density at radius 3 is 2.62 bits per heavy atom. The summed E-state index contributed by atoms with van der Waals surface area (Å²) in [6.45, 7) is 3.85. The molecule has 3 rings (SSSR count). The number of halogens is 1. The lowest BCUT2D eigenvalue weighted by Crippen LogP contribution is -2.46. The molecule has 2 fully saturated rings. The molecular weight excluding hydrogens is 324 g/mol. The van der Waals surface area contributed by atoms with Gasteiger partial charge in [0.1, 0.15) is 0 Å².